The lowest BCUT2D eigenvalue weighted by Gasteiger charge is -2.17. The third kappa shape index (κ3) is 6.00. The van der Waals surface area contributed by atoms with Gasteiger partial charge in [-0.1, -0.05) is 60.1 Å². The molecule has 4 nitrogen and oxygen atoms in total. The van der Waals surface area contributed by atoms with Gasteiger partial charge < -0.3 is 14.8 Å². The van der Waals surface area contributed by atoms with Crippen LogP contribution in [0, 0.1) is 6.92 Å². The summed E-state index contributed by atoms with van der Waals surface area (Å²) in [6, 6.07) is 22.4. The zero-order valence-electron chi connectivity index (χ0n) is 16.5. The molecule has 1 amide bonds. The van der Waals surface area contributed by atoms with Crippen LogP contribution in [0.15, 0.2) is 72.8 Å². The van der Waals surface area contributed by atoms with Crippen LogP contribution in [0.1, 0.15) is 28.4 Å². The molecule has 3 rings (SSSR count). The number of ether oxygens (including phenoxy) is 2. The van der Waals surface area contributed by atoms with Crippen molar-refractivity contribution in [3.8, 4) is 11.5 Å². The Hall–Kier alpha value is -2.98. The molecule has 0 saturated heterocycles. The Bertz CT molecular complexity index is 959. The second-order valence-electron chi connectivity index (χ2n) is 6.87. The number of carbonyl (C=O) groups is 1. The van der Waals surface area contributed by atoms with Gasteiger partial charge in [-0.2, -0.15) is 0 Å². The van der Waals surface area contributed by atoms with Gasteiger partial charge in [0.1, 0.15) is 24.7 Å². The van der Waals surface area contributed by atoms with E-state index in [0.29, 0.717) is 29.5 Å². The molecule has 0 aliphatic rings. The van der Waals surface area contributed by atoms with Gasteiger partial charge in [0.25, 0.3) is 5.91 Å². The Morgan fingerprint density at radius 3 is 2.45 bits per heavy atom. The fourth-order valence-corrected chi connectivity index (χ4v) is 2.99. The van der Waals surface area contributed by atoms with Gasteiger partial charge >= 0.3 is 0 Å². The van der Waals surface area contributed by atoms with E-state index in [1.54, 1.807) is 18.2 Å². The van der Waals surface area contributed by atoms with Crippen LogP contribution < -0.4 is 14.8 Å². The van der Waals surface area contributed by atoms with Crippen LogP contribution in [0.25, 0.3) is 0 Å². The maximum absolute atomic E-state index is 12.8. The molecule has 0 aromatic heterocycles. The number of benzene rings is 3. The van der Waals surface area contributed by atoms with Crippen molar-refractivity contribution in [2.75, 3.05) is 6.61 Å². The first-order valence-electron chi connectivity index (χ1n) is 9.48. The predicted molar refractivity (Wildman–Crippen MR) is 116 cm³/mol. The molecule has 29 heavy (non-hydrogen) atoms. The normalized spacial score (nSPS) is 11.6. The molecule has 0 heterocycles. The van der Waals surface area contributed by atoms with Crippen molar-refractivity contribution in [1.82, 2.24) is 5.32 Å². The molecule has 1 atom stereocenters. The van der Waals surface area contributed by atoms with Crippen molar-refractivity contribution in [2.45, 2.75) is 26.5 Å². The first-order chi connectivity index (χ1) is 14.0. The molecule has 0 fully saturated rings. The number of aryl methyl sites for hydroxylation is 1. The lowest BCUT2D eigenvalue weighted by atomic mass is 10.1. The Kier molecular flexibility index (Phi) is 7.14. The predicted octanol–water partition coefficient (Wildman–Crippen LogP) is 5.42. The molecule has 0 spiro atoms. The molecule has 0 aliphatic carbocycles. The summed E-state index contributed by atoms with van der Waals surface area (Å²) in [5.41, 5.74) is 2.47. The van der Waals surface area contributed by atoms with E-state index in [1.165, 1.54) is 0 Å². The molecule has 0 radical (unpaired) electrons. The van der Waals surface area contributed by atoms with Gasteiger partial charge in [-0.05, 0) is 49.2 Å². The minimum Gasteiger partial charge on any atom is -0.491 e. The standard InChI is InChI=1S/C24H24ClNO3/c1-17-8-6-7-11-22(17)28-15-18(2)26-24(27)21-14-20(25)12-13-23(21)29-16-19-9-4-3-5-10-19/h3-14,18H,15-16H2,1-2H3,(H,26,27)/t18-/m0/s1. The number of nitrogens with one attached hydrogen (secondary N) is 1. The number of carbonyl (C=O) groups excluding carboxylic acids is 1. The van der Waals surface area contributed by atoms with Gasteiger partial charge in [-0.25, -0.2) is 0 Å². The van der Waals surface area contributed by atoms with Gasteiger partial charge in [0.2, 0.25) is 0 Å². The Balaban J connectivity index is 1.63. The van der Waals surface area contributed by atoms with Crippen LogP contribution in [-0.4, -0.2) is 18.6 Å². The SMILES string of the molecule is Cc1ccccc1OC[C@H](C)NC(=O)c1cc(Cl)ccc1OCc1ccccc1. The van der Waals surface area contributed by atoms with E-state index in [9.17, 15) is 4.79 Å². The van der Waals surface area contributed by atoms with E-state index in [2.05, 4.69) is 5.32 Å². The molecule has 5 heteroatoms. The summed E-state index contributed by atoms with van der Waals surface area (Å²) >= 11 is 6.11. The summed E-state index contributed by atoms with van der Waals surface area (Å²) in [6.07, 6.45) is 0. The molecule has 3 aromatic carbocycles. The third-order valence-corrected chi connectivity index (χ3v) is 4.62. The summed E-state index contributed by atoms with van der Waals surface area (Å²) in [6.45, 7) is 4.61. The second kappa shape index (κ2) is 9.99. The molecular formula is C24H24ClNO3. The van der Waals surface area contributed by atoms with Crippen LogP contribution in [0.2, 0.25) is 5.02 Å². The highest BCUT2D eigenvalue weighted by molar-refractivity contribution is 6.31. The lowest BCUT2D eigenvalue weighted by molar-refractivity contribution is 0.0922. The summed E-state index contributed by atoms with van der Waals surface area (Å²) in [5.74, 6) is 1.04. The molecule has 3 aromatic rings. The highest BCUT2D eigenvalue weighted by atomic mass is 35.5. The largest absolute Gasteiger partial charge is 0.491 e. The van der Waals surface area contributed by atoms with Crippen molar-refractivity contribution in [3.05, 3.63) is 94.5 Å². The molecule has 0 saturated carbocycles. The monoisotopic (exact) mass is 409 g/mol. The molecule has 0 aliphatic heterocycles. The summed E-state index contributed by atoms with van der Waals surface area (Å²) < 4.78 is 11.7. The van der Waals surface area contributed by atoms with Crippen molar-refractivity contribution in [3.63, 3.8) is 0 Å². The van der Waals surface area contributed by atoms with Crippen LogP contribution in [0.3, 0.4) is 0 Å². The number of hydrogen-bond acceptors (Lipinski definition) is 3. The lowest BCUT2D eigenvalue weighted by Crippen LogP contribution is -2.37. The average molecular weight is 410 g/mol. The van der Waals surface area contributed by atoms with Gasteiger partial charge in [-0.15, -0.1) is 0 Å². The fourth-order valence-electron chi connectivity index (χ4n) is 2.82. The smallest absolute Gasteiger partial charge is 0.255 e. The quantitative estimate of drug-likeness (QED) is 0.540. The number of hydrogen-bond donors (Lipinski definition) is 1. The maximum Gasteiger partial charge on any atom is 0.255 e. The highest BCUT2D eigenvalue weighted by Crippen LogP contribution is 2.24. The molecule has 0 unspecified atom stereocenters. The van der Waals surface area contributed by atoms with E-state index in [-0.39, 0.29) is 11.9 Å². The van der Waals surface area contributed by atoms with Gasteiger partial charge in [-0.3, -0.25) is 4.79 Å². The maximum atomic E-state index is 12.8. The van der Waals surface area contributed by atoms with Crippen LogP contribution in [0.4, 0.5) is 0 Å². The minimum atomic E-state index is -0.253. The van der Waals surface area contributed by atoms with Gasteiger partial charge in [0, 0.05) is 5.02 Å². The second-order valence-corrected chi connectivity index (χ2v) is 7.30. The van der Waals surface area contributed by atoms with Crippen LogP contribution in [-0.2, 0) is 6.61 Å². The van der Waals surface area contributed by atoms with Crippen LogP contribution in [0.5, 0.6) is 11.5 Å². The molecule has 1 N–H and O–H groups in total. The third-order valence-electron chi connectivity index (χ3n) is 4.38. The van der Waals surface area contributed by atoms with Crippen LogP contribution >= 0.6 is 11.6 Å². The summed E-state index contributed by atoms with van der Waals surface area (Å²) in [5, 5.41) is 3.43. The summed E-state index contributed by atoms with van der Waals surface area (Å²) in [4.78, 5) is 12.8. The van der Waals surface area contributed by atoms with E-state index in [0.717, 1.165) is 16.9 Å². The zero-order chi connectivity index (χ0) is 20.6. The topological polar surface area (TPSA) is 47.6 Å². The zero-order valence-corrected chi connectivity index (χ0v) is 17.3. The van der Waals surface area contributed by atoms with Gasteiger partial charge in [0.05, 0.1) is 11.6 Å². The first-order valence-corrected chi connectivity index (χ1v) is 9.86. The van der Waals surface area contributed by atoms with Crippen molar-refractivity contribution < 1.29 is 14.3 Å². The average Bonchev–Trinajstić information content (AvgIpc) is 2.73. The van der Waals surface area contributed by atoms with Crippen molar-refractivity contribution in [1.29, 1.82) is 0 Å². The van der Waals surface area contributed by atoms with Gasteiger partial charge in [0.15, 0.2) is 0 Å². The molecule has 150 valence electrons. The highest BCUT2D eigenvalue weighted by Gasteiger charge is 2.16. The van der Waals surface area contributed by atoms with E-state index < -0.39 is 0 Å². The number of rotatable bonds is 8. The number of amides is 1. The Morgan fingerprint density at radius 1 is 0.966 bits per heavy atom. The number of halogens is 1. The minimum absolute atomic E-state index is 0.192. The first kappa shape index (κ1) is 20.7. The number of para-hydroxylation sites is 1. The Morgan fingerprint density at radius 2 is 1.69 bits per heavy atom. The summed E-state index contributed by atoms with van der Waals surface area (Å²) in [7, 11) is 0. The van der Waals surface area contributed by atoms with Crippen molar-refractivity contribution in [2.24, 2.45) is 0 Å². The molecular weight excluding hydrogens is 386 g/mol. The molecule has 0 bridgehead atoms. The van der Waals surface area contributed by atoms with Crippen molar-refractivity contribution >= 4 is 17.5 Å². The fraction of sp³-hybridized carbons (Fsp3) is 0.208. The Labute approximate surface area is 176 Å². The van der Waals surface area contributed by atoms with E-state index in [1.807, 2.05) is 68.4 Å². The van der Waals surface area contributed by atoms with E-state index in [4.69, 9.17) is 21.1 Å². The van der Waals surface area contributed by atoms with E-state index >= 15 is 0 Å².